The Balaban J connectivity index is 2.16. The number of hydrogen-bond acceptors (Lipinski definition) is 4. The highest BCUT2D eigenvalue weighted by Gasteiger charge is 2.19. The van der Waals surface area contributed by atoms with Crippen molar-refractivity contribution in [1.82, 2.24) is 4.90 Å². The van der Waals surface area contributed by atoms with E-state index in [-0.39, 0.29) is 11.8 Å². The van der Waals surface area contributed by atoms with Crippen molar-refractivity contribution in [1.29, 1.82) is 0 Å². The van der Waals surface area contributed by atoms with Gasteiger partial charge in [0.05, 0.1) is 0 Å². The second kappa shape index (κ2) is 8.27. The minimum absolute atomic E-state index is 0.0662. The summed E-state index contributed by atoms with van der Waals surface area (Å²) in [5.74, 6) is 1.23. The Labute approximate surface area is 113 Å². The maximum Gasteiger partial charge on any atom is 0.220 e. The molecule has 0 spiro atoms. The quantitative estimate of drug-likeness (QED) is 0.691. The van der Waals surface area contributed by atoms with Crippen LogP contribution in [-0.4, -0.2) is 42.4 Å². The number of amides is 1. The molecular formula is C12H24N2OS2. The minimum Gasteiger partial charge on any atom is -0.369 e. The summed E-state index contributed by atoms with van der Waals surface area (Å²) >= 11 is 0. The molecule has 1 fully saturated rings. The third-order valence-electron chi connectivity index (χ3n) is 3.13. The van der Waals surface area contributed by atoms with Gasteiger partial charge < -0.3 is 10.6 Å². The molecule has 0 radical (unpaired) electrons. The summed E-state index contributed by atoms with van der Waals surface area (Å²) in [4.78, 5) is 13.4. The maximum atomic E-state index is 11.3. The van der Waals surface area contributed by atoms with Gasteiger partial charge in [0.15, 0.2) is 0 Å². The molecule has 1 aliphatic rings. The summed E-state index contributed by atoms with van der Waals surface area (Å²) in [6.45, 7) is 0.946. The maximum absolute atomic E-state index is 11.3. The summed E-state index contributed by atoms with van der Waals surface area (Å²) in [5.41, 5.74) is 5.45. The monoisotopic (exact) mass is 276 g/mol. The van der Waals surface area contributed by atoms with Gasteiger partial charge in [-0.05, 0) is 46.3 Å². The molecule has 2 N–H and O–H groups in total. The third kappa shape index (κ3) is 6.58. The second-order valence-electron chi connectivity index (χ2n) is 4.95. The number of nitrogens with zero attached hydrogens (tertiary/aromatic N) is 1. The molecule has 0 aromatic carbocycles. The summed E-state index contributed by atoms with van der Waals surface area (Å²) in [6, 6.07) is 0. The first-order valence-electron chi connectivity index (χ1n) is 6.32. The van der Waals surface area contributed by atoms with E-state index >= 15 is 0 Å². The summed E-state index contributed by atoms with van der Waals surface area (Å²) in [5, 5.41) is 0.808. The van der Waals surface area contributed by atoms with E-state index < -0.39 is 0 Å². The molecule has 100 valence electrons. The summed E-state index contributed by atoms with van der Waals surface area (Å²) < 4.78 is 0. The first-order valence-corrected chi connectivity index (χ1v) is 8.70. The van der Waals surface area contributed by atoms with E-state index in [1.54, 1.807) is 0 Å². The number of rotatable bonds is 8. The zero-order chi connectivity index (χ0) is 12.7. The van der Waals surface area contributed by atoms with Gasteiger partial charge in [0.2, 0.25) is 5.91 Å². The van der Waals surface area contributed by atoms with Crippen molar-refractivity contribution in [3.8, 4) is 0 Å². The Hall–Kier alpha value is 0.130. The van der Waals surface area contributed by atoms with Crippen LogP contribution in [0.5, 0.6) is 0 Å². The Bertz CT molecular complexity index is 231. The van der Waals surface area contributed by atoms with Gasteiger partial charge in [0.1, 0.15) is 0 Å². The van der Waals surface area contributed by atoms with Crippen molar-refractivity contribution >= 4 is 27.5 Å². The Morgan fingerprint density at radius 3 is 2.76 bits per heavy atom. The molecule has 2 atom stereocenters. The van der Waals surface area contributed by atoms with E-state index in [4.69, 9.17) is 5.73 Å². The molecular weight excluding hydrogens is 252 g/mol. The van der Waals surface area contributed by atoms with Crippen molar-refractivity contribution in [2.24, 2.45) is 11.7 Å². The van der Waals surface area contributed by atoms with Gasteiger partial charge in [0.25, 0.3) is 0 Å². The molecule has 1 aliphatic heterocycles. The molecule has 17 heavy (non-hydrogen) atoms. The van der Waals surface area contributed by atoms with Crippen molar-refractivity contribution in [3.63, 3.8) is 0 Å². The van der Waals surface area contributed by atoms with E-state index in [9.17, 15) is 4.79 Å². The topological polar surface area (TPSA) is 46.3 Å². The fourth-order valence-electron chi connectivity index (χ4n) is 2.00. The third-order valence-corrected chi connectivity index (χ3v) is 6.14. The van der Waals surface area contributed by atoms with Gasteiger partial charge >= 0.3 is 0 Å². The van der Waals surface area contributed by atoms with Crippen LogP contribution in [0.1, 0.15) is 32.1 Å². The highest BCUT2D eigenvalue weighted by Crippen LogP contribution is 2.40. The summed E-state index contributed by atoms with van der Waals surface area (Å²) in [7, 11) is 8.06. The van der Waals surface area contributed by atoms with Crippen LogP contribution in [0.3, 0.4) is 0 Å². The van der Waals surface area contributed by atoms with E-state index in [2.05, 4.69) is 4.90 Å². The van der Waals surface area contributed by atoms with Crippen LogP contribution in [-0.2, 0) is 4.79 Å². The second-order valence-corrected chi connectivity index (χ2v) is 7.74. The first kappa shape index (κ1) is 15.2. The van der Waals surface area contributed by atoms with Crippen LogP contribution in [0, 0.1) is 5.92 Å². The largest absolute Gasteiger partial charge is 0.369 e. The van der Waals surface area contributed by atoms with Crippen LogP contribution in [0.2, 0.25) is 0 Å². The van der Waals surface area contributed by atoms with Crippen molar-refractivity contribution < 1.29 is 4.79 Å². The van der Waals surface area contributed by atoms with Crippen LogP contribution >= 0.6 is 21.6 Å². The molecule has 1 heterocycles. The van der Waals surface area contributed by atoms with E-state index in [1.165, 1.54) is 18.6 Å². The van der Waals surface area contributed by atoms with Gasteiger partial charge in [-0.15, -0.1) is 0 Å². The van der Waals surface area contributed by atoms with Crippen LogP contribution in [0.25, 0.3) is 0 Å². The fourth-order valence-corrected chi connectivity index (χ4v) is 5.03. The lowest BCUT2D eigenvalue weighted by Gasteiger charge is -2.17. The predicted octanol–water partition coefficient (Wildman–Crippen LogP) is 2.36. The molecule has 1 saturated heterocycles. The van der Waals surface area contributed by atoms with Gasteiger partial charge in [-0.2, -0.15) is 0 Å². The highest BCUT2D eigenvalue weighted by molar-refractivity contribution is 8.77. The molecule has 5 heteroatoms. The van der Waals surface area contributed by atoms with Gasteiger partial charge in [0, 0.05) is 16.9 Å². The first-order chi connectivity index (χ1) is 8.09. The Morgan fingerprint density at radius 1 is 1.47 bits per heavy atom. The van der Waals surface area contributed by atoms with E-state index in [0.29, 0.717) is 0 Å². The number of carbonyl (C=O) groups excluding carboxylic acids is 1. The average Bonchev–Trinajstić information content (AvgIpc) is 2.74. The highest BCUT2D eigenvalue weighted by atomic mass is 33.1. The SMILES string of the molecule is CN(C)CCC(CCCC1CCSS1)C(N)=O. The molecule has 0 aromatic rings. The van der Waals surface area contributed by atoms with Crippen molar-refractivity contribution in [2.45, 2.75) is 37.4 Å². The molecule has 1 amide bonds. The molecule has 2 unspecified atom stereocenters. The number of hydrogen-bond donors (Lipinski definition) is 1. The molecule has 0 bridgehead atoms. The summed E-state index contributed by atoms with van der Waals surface area (Å²) in [6.07, 6.45) is 5.57. The Morgan fingerprint density at radius 2 is 2.24 bits per heavy atom. The van der Waals surface area contributed by atoms with Crippen LogP contribution in [0.4, 0.5) is 0 Å². The number of carbonyl (C=O) groups is 1. The van der Waals surface area contributed by atoms with Crippen molar-refractivity contribution in [3.05, 3.63) is 0 Å². The predicted molar refractivity (Wildman–Crippen MR) is 78.2 cm³/mol. The molecule has 0 aliphatic carbocycles. The zero-order valence-corrected chi connectivity index (χ0v) is 12.5. The smallest absolute Gasteiger partial charge is 0.220 e. The van der Waals surface area contributed by atoms with Gasteiger partial charge in [-0.3, -0.25) is 4.79 Å². The van der Waals surface area contributed by atoms with Crippen LogP contribution < -0.4 is 5.73 Å². The molecule has 0 saturated carbocycles. The lowest BCUT2D eigenvalue weighted by Crippen LogP contribution is -2.27. The molecule has 3 nitrogen and oxygen atoms in total. The zero-order valence-electron chi connectivity index (χ0n) is 10.9. The van der Waals surface area contributed by atoms with Crippen molar-refractivity contribution in [2.75, 3.05) is 26.4 Å². The molecule has 0 aromatic heterocycles. The van der Waals surface area contributed by atoms with Gasteiger partial charge in [-0.1, -0.05) is 28.0 Å². The Kier molecular flexibility index (Phi) is 7.39. The normalized spacial score (nSPS) is 21.9. The van der Waals surface area contributed by atoms with Gasteiger partial charge in [-0.25, -0.2) is 0 Å². The standard InChI is InChI=1S/C12H24N2OS2/c1-14(2)8-6-10(12(13)15)4-3-5-11-7-9-16-17-11/h10-11H,3-9H2,1-2H3,(H2,13,15). The average molecular weight is 276 g/mol. The molecule has 1 rings (SSSR count). The number of nitrogens with two attached hydrogens (primary N) is 1. The van der Waals surface area contributed by atoms with E-state index in [0.717, 1.165) is 31.1 Å². The van der Waals surface area contributed by atoms with E-state index in [1.807, 2.05) is 35.7 Å². The lowest BCUT2D eigenvalue weighted by atomic mass is 9.96. The lowest BCUT2D eigenvalue weighted by molar-refractivity contribution is -0.122. The van der Waals surface area contributed by atoms with Crippen LogP contribution in [0.15, 0.2) is 0 Å². The fraction of sp³-hybridized carbons (Fsp3) is 0.917. The minimum atomic E-state index is -0.125. The number of primary amides is 1.